The highest BCUT2D eigenvalue weighted by atomic mass is 16.2. The standard InChI is InChI=1S/C14H17N3O2/c18-13-7-11(9-16-13)14(19)17-6-2-4-12(17)10-3-1-5-15-8-10/h1,3,5,8,11-12H,2,4,6-7,9H2,(H,16,18). The molecule has 2 saturated heterocycles. The zero-order chi connectivity index (χ0) is 13.2. The van der Waals surface area contributed by atoms with E-state index in [9.17, 15) is 9.59 Å². The molecule has 0 spiro atoms. The Kier molecular flexibility index (Phi) is 3.19. The second-order valence-corrected chi connectivity index (χ2v) is 5.18. The maximum Gasteiger partial charge on any atom is 0.228 e. The van der Waals surface area contributed by atoms with Gasteiger partial charge in [-0.3, -0.25) is 14.6 Å². The van der Waals surface area contributed by atoms with Crippen molar-refractivity contribution >= 4 is 11.8 Å². The van der Waals surface area contributed by atoms with E-state index in [4.69, 9.17) is 0 Å². The van der Waals surface area contributed by atoms with Crippen LogP contribution in [-0.2, 0) is 9.59 Å². The van der Waals surface area contributed by atoms with Gasteiger partial charge in [-0.05, 0) is 24.5 Å². The summed E-state index contributed by atoms with van der Waals surface area (Å²) in [6.07, 6.45) is 5.89. The minimum Gasteiger partial charge on any atom is -0.355 e. The molecule has 0 aliphatic carbocycles. The van der Waals surface area contributed by atoms with Crippen LogP contribution >= 0.6 is 0 Å². The average molecular weight is 259 g/mol. The van der Waals surface area contributed by atoms with Crippen LogP contribution in [0.25, 0.3) is 0 Å². The van der Waals surface area contributed by atoms with Crippen LogP contribution in [0.5, 0.6) is 0 Å². The quantitative estimate of drug-likeness (QED) is 0.857. The van der Waals surface area contributed by atoms with Gasteiger partial charge in [0.15, 0.2) is 0 Å². The molecule has 5 heteroatoms. The van der Waals surface area contributed by atoms with E-state index >= 15 is 0 Å². The maximum absolute atomic E-state index is 12.5. The molecule has 1 aromatic rings. The van der Waals surface area contributed by atoms with Gasteiger partial charge in [0.2, 0.25) is 11.8 Å². The highest BCUT2D eigenvalue weighted by molar-refractivity contribution is 5.89. The fourth-order valence-electron chi connectivity index (χ4n) is 2.96. The van der Waals surface area contributed by atoms with Gasteiger partial charge in [-0.2, -0.15) is 0 Å². The summed E-state index contributed by atoms with van der Waals surface area (Å²) in [6, 6.07) is 4.04. The predicted molar refractivity (Wildman–Crippen MR) is 69.0 cm³/mol. The summed E-state index contributed by atoms with van der Waals surface area (Å²) in [4.78, 5) is 29.8. The van der Waals surface area contributed by atoms with Crippen LogP contribution in [0, 0.1) is 5.92 Å². The van der Waals surface area contributed by atoms with Crippen molar-refractivity contribution in [1.29, 1.82) is 0 Å². The first-order valence-electron chi connectivity index (χ1n) is 6.73. The molecule has 0 bridgehead atoms. The third-order valence-electron chi connectivity index (χ3n) is 3.93. The lowest BCUT2D eigenvalue weighted by atomic mass is 10.0. The number of pyridine rings is 1. The van der Waals surface area contributed by atoms with Crippen LogP contribution in [0.2, 0.25) is 0 Å². The molecule has 19 heavy (non-hydrogen) atoms. The molecule has 1 aromatic heterocycles. The Hall–Kier alpha value is -1.91. The third-order valence-corrected chi connectivity index (χ3v) is 3.93. The van der Waals surface area contributed by atoms with Crippen molar-refractivity contribution in [3.63, 3.8) is 0 Å². The van der Waals surface area contributed by atoms with Crippen LogP contribution in [0.4, 0.5) is 0 Å². The van der Waals surface area contributed by atoms with Crippen LogP contribution in [0.15, 0.2) is 24.5 Å². The van der Waals surface area contributed by atoms with Crippen molar-refractivity contribution in [2.24, 2.45) is 5.92 Å². The van der Waals surface area contributed by atoms with Gasteiger partial charge in [-0.1, -0.05) is 6.07 Å². The Morgan fingerprint density at radius 2 is 2.37 bits per heavy atom. The maximum atomic E-state index is 12.5. The molecular weight excluding hydrogens is 242 g/mol. The Labute approximate surface area is 112 Å². The van der Waals surface area contributed by atoms with E-state index in [0.717, 1.165) is 24.9 Å². The highest BCUT2D eigenvalue weighted by Gasteiger charge is 2.37. The minimum absolute atomic E-state index is 0.0181. The predicted octanol–water partition coefficient (Wildman–Crippen LogP) is 0.881. The topological polar surface area (TPSA) is 62.3 Å². The molecule has 2 atom stereocenters. The number of carbonyl (C=O) groups excluding carboxylic acids is 2. The van der Waals surface area contributed by atoms with Crippen molar-refractivity contribution in [2.45, 2.75) is 25.3 Å². The minimum atomic E-state index is -0.190. The summed E-state index contributed by atoms with van der Waals surface area (Å²) in [7, 11) is 0. The van der Waals surface area contributed by atoms with Gasteiger partial charge in [0.1, 0.15) is 0 Å². The number of nitrogens with one attached hydrogen (secondary N) is 1. The molecule has 5 nitrogen and oxygen atoms in total. The number of rotatable bonds is 2. The van der Waals surface area contributed by atoms with Crippen molar-refractivity contribution in [3.8, 4) is 0 Å². The number of hydrogen-bond acceptors (Lipinski definition) is 3. The summed E-state index contributed by atoms with van der Waals surface area (Å²) in [5.41, 5.74) is 1.09. The monoisotopic (exact) mass is 259 g/mol. The molecule has 0 aromatic carbocycles. The second-order valence-electron chi connectivity index (χ2n) is 5.18. The number of likely N-dealkylation sites (tertiary alicyclic amines) is 1. The smallest absolute Gasteiger partial charge is 0.228 e. The van der Waals surface area contributed by atoms with Gasteiger partial charge in [0.05, 0.1) is 12.0 Å². The summed E-state index contributed by atoms with van der Waals surface area (Å²) < 4.78 is 0. The first-order valence-corrected chi connectivity index (χ1v) is 6.73. The number of amides is 2. The third kappa shape index (κ3) is 2.32. The zero-order valence-electron chi connectivity index (χ0n) is 10.7. The molecule has 3 rings (SSSR count). The molecule has 0 saturated carbocycles. The molecule has 3 heterocycles. The molecular formula is C14H17N3O2. The van der Waals surface area contributed by atoms with Crippen molar-refractivity contribution in [2.75, 3.05) is 13.1 Å². The average Bonchev–Trinajstić information content (AvgIpc) is 3.07. The van der Waals surface area contributed by atoms with E-state index < -0.39 is 0 Å². The van der Waals surface area contributed by atoms with Gasteiger partial charge in [0.25, 0.3) is 0 Å². The van der Waals surface area contributed by atoms with Gasteiger partial charge in [0, 0.05) is 31.9 Å². The summed E-state index contributed by atoms with van der Waals surface area (Å²) in [5, 5.41) is 2.73. The molecule has 0 radical (unpaired) electrons. The Morgan fingerprint density at radius 3 is 3.05 bits per heavy atom. The summed E-state index contributed by atoms with van der Waals surface area (Å²) in [6.45, 7) is 1.26. The lowest BCUT2D eigenvalue weighted by Crippen LogP contribution is -2.36. The van der Waals surface area contributed by atoms with Crippen molar-refractivity contribution < 1.29 is 9.59 Å². The summed E-state index contributed by atoms with van der Waals surface area (Å²) >= 11 is 0. The fourth-order valence-corrected chi connectivity index (χ4v) is 2.96. The number of carbonyl (C=O) groups is 2. The highest BCUT2D eigenvalue weighted by Crippen LogP contribution is 2.33. The SMILES string of the molecule is O=C1CC(C(=O)N2CCCC2c2cccnc2)CN1. The van der Waals surface area contributed by atoms with Gasteiger partial charge >= 0.3 is 0 Å². The molecule has 2 unspecified atom stereocenters. The fraction of sp³-hybridized carbons (Fsp3) is 0.500. The Morgan fingerprint density at radius 1 is 1.47 bits per heavy atom. The van der Waals surface area contributed by atoms with E-state index in [-0.39, 0.29) is 23.8 Å². The number of hydrogen-bond donors (Lipinski definition) is 1. The van der Waals surface area contributed by atoms with Crippen molar-refractivity contribution in [1.82, 2.24) is 15.2 Å². The second kappa shape index (κ2) is 4.99. The van der Waals surface area contributed by atoms with E-state index in [1.54, 1.807) is 6.20 Å². The van der Waals surface area contributed by atoms with Gasteiger partial charge in [-0.25, -0.2) is 0 Å². The molecule has 100 valence electrons. The first kappa shape index (κ1) is 12.1. The first-order chi connectivity index (χ1) is 9.25. The van der Waals surface area contributed by atoms with Crippen LogP contribution in [0.1, 0.15) is 30.9 Å². The Bertz CT molecular complexity index is 489. The van der Waals surface area contributed by atoms with Gasteiger partial charge < -0.3 is 10.2 Å². The lowest BCUT2D eigenvalue weighted by molar-refractivity contribution is -0.136. The van der Waals surface area contributed by atoms with Crippen LogP contribution < -0.4 is 5.32 Å². The van der Waals surface area contributed by atoms with E-state index in [1.807, 2.05) is 23.2 Å². The summed E-state index contributed by atoms with van der Waals surface area (Å²) in [5.74, 6) is -0.107. The molecule has 1 N–H and O–H groups in total. The molecule has 2 amide bonds. The Balaban J connectivity index is 1.76. The normalized spacial score (nSPS) is 26.5. The molecule has 2 aliphatic heterocycles. The number of nitrogens with zero attached hydrogens (tertiary/aromatic N) is 2. The lowest BCUT2D eigenvalue weighted by Gasteiger charge is -2.27. The van der Waals surface area contributed by atoms with E-state index in [0.29, 0.717) is 13.0 Å². The largest absolute Gasteiger partial charge is 0.355 e. The van der Waals surface area contributed by atoms with Crippen LogP contribution in [-0.4, -0.2) is 34.8 Å². The van der Waals surface area contributed by atoms with Crippen molar-refractivity contribution in [3.05, 3.63) is 30.1 Å². The zero-order valence-corrected chi connectivity index (χ0v) is 10.7. The molecule has 2 fully saturated rings. The van der Waals surface area contributed by atoms with E-state index in [1.165, 1.54) is 0 Å². The van der Waals surface area contributed by atoms with E-state index in [2.05, 4.69) is 10.3 Å². The van der Waals surface area contributed by atoms with Gasteiger partial charge in [-0.15, -0.1) is 0 Å². The number of aromatic nitrogens is 1. The van der Waals surface area contributed by atoms with Crippen LogP contribution in [0.3, 0.4) is 0 Å². The molecule has 2 aliphatic rings.